The van der Waals surface area contributed by atoms with Crippen molar-refractivity contribution < 1.29 is 32.5 Å². The minimum atomic E-state index is -3.08. The van der Waals surface area contributed by atoms with Gasteiger partial charge in [0.15, 0.2) is 0 Å². The molecule has 0 unspecified atom stereocenters. The molecule has 0 amide bonds. The number of hydrogen-bond acceptors (Lipinski definition) is 4. The van der Waals surface area contributed by atoms with Crippen molar-refractivity contribution in [3.05, 3.63) is 0 Å². The van der Waals surface area contributed by atoms with Gasteiger partial charge in [0.05, 0.1) is 19.3 Å². The van der Waals surface area contributed by atoms with Crippen LogP contribution in [0.15, 0.2) is 0 Å². The van der Waals surface area contributed by atoms with E-state index in [1.54, 1.807) is 19.9 Å². The number of nitriles is 1. The summed E-state index contributed by atoms with van der Waals surface area (Å²) in [6.07, 6.45) is -0.172. The Balaban J connectivity index is 0. The summed E-state index contributed by atoms with van der Waals surface area (Å²) >= 11 is 0. The predicted molar refractivity (Wildman–Crippen MR) is 41.3 cm³/mol. The average Bonchev–Trinajstić information content (AvgIpc) is 1.88. The number of nitrogens with zero attached hydrogens (tertiary/aromatic N) is 1. The second-order valence-corrected chi connectivity index (χ2v) is 3.82. The zero-order valence-corrected chi connectivity index (χ0v) is 8.63. The van der Waals surface area contributed by atoms with Crippen LogP contribution in [-0.2, 0) is 13.6 Å². The van der Waals surface area contributed by atoms with Gasteiger partial charge in [-0.15, -0.1) is 0 Å². The third-order valence-electron chi connectivity index (χ3n) is 0.916. The third-order valence-corrected chi connectivity index (χ3v) is 2.75. The van der Waals surface area contributed by atoms with Crippen LogP contribution in [0.25, 0.3) is 0 Å². The molecule has 64 valence electrons. The molecule has 0 saturated heterocycles. The van der Waals surface area contributed by atoms with Crippen LogP contribution >= 0.6 is 7.60 Å². The van der Waals surface area contributed by atoms with E-state index in [1.807, 2.05) is 0 Å². The first-order valence-electron chi connectivity index (χ1n) is 3.43. The van der Waals surface area contributed by atoms with Crippen molar-refractivity contribution in [2.75, 3.05) is 19.4 Å². The van der Waals surface area contributed by atoms with Gasteiger partial charge < -0.3 is 9.05 Å². The molecule has 0 aromatic carbocycles. The second-order valence-electron chi connectivity index (χ2n) is 1.76. The van der Waals surface area contributed by atoms with Gasteiger partial charge in [-0.25, -0.2) is 0 Å². The normalized spacial score (nSPS) is 10.1. The molecule has 0 spiro atoms. The van der Waals surface area contributed by atoms with Crippen LogP contribution in [0, 0.1) is 11.3 Å². The minimum Gasteiger partial charge on any atom is -0.308 e. The van der Waals surface area contributed by atoms with Crippen molar-refractivity contribution in [1.29, 1.82) is 5.26 Å². The summed E-state index contributed by atoms with van der Waals surface area (Å²) in [5, 5.41) is 8.27. The Morgan fingerprint density at radius 3 is 2.00 bits per heavy atom. The summed E-state index contributed by atoms with van der Waals surface area (Å²) in [4.78, 5) is 0. The molecular formula is C6H12LiNO3P+. The Morgan fingerprint density at radius 1 is 1.33 bits per heavy atom. The maximum atomic E-state index is 11.3. The van der Waals surface area contributed by atoms with E-state index in [0.717, 1.165) is 0 Å². The van der Waals surface area contributed by atoms with Gasteiger partial charge in [0.25, 0.3) is 0 Å². The van der Waals surface area contributed by atoms with Gasteiger partial charge in [0.2, 0.25) is 0 Å². The Morgan fingerprint density at radius 2 is 1.75 bits per heavy atom. The van der Waals surface area contributed by atoms with Crippen molar-refractivity contribution in [3.63, 3.8) is 0 Å². The molecule has 6 heteroatoms. The molecule has 12 heavy (non-hydrogen) atoms. The molecule has 0 aliphatic rings. The smallest absolute Gasteiger partial charge is 0.308 e. The topological polar surface area (TPSA) is 59.3 Å². The van der Waals surface area contributed by atoms with Crippen molar-refractivity contribution in [3.8, 4) is 6.07 Å². The summed E-state index contributed by atoms with van der Waals surface area (Å²) in [6.45, 7) is 4.03. The Hall–Kier alpha value is 0.237. The monoisotopic (exact) mass is 184 g/mol. The molecule has 0 aromatic heterocycles. The summed E-state index contributed by atoms with van der Waals surface area (Å²) in [5.41, 5.74) is 0. The van der Waals surface area contributed by atoms with Gasteiger partial charge in [-0.1, -0.05) is 0 Å². The number of hydrogen-bond donors (Lipinski definition) is 0. The van der Waals surface area contributed by atoms with E-state index in [-0.39, 0.29) is 25.0 Å². The van der Waals surface area contributed by atoms with Crippen LogP contribution in [0.5, 0.6) is 0 Å². The maximum Gasteiger partial charge on any atom is 1.00 e. The fraction of sp³-hybridized carbons (Fsp3) is 0.833. The maximum absolute atomic E-state index is 11.3. The Labute approximate surface area is 84.9 Å². The van der Waals surface area contributed by atoms with E-state index in [2.05, 4.69) is 0 Å². The van der Waals surface area contributed by atoms with Crippen LogP contribution < -0.4 is 18.9 Å². The van der Waals surface area contributed by atoms with E-state index < -0.39 is 7.60 Å². The first-order valence-corrected chi connectivity index (χ1v) is 5.16. The summed E-state index contributed by atoms with van der Waals surface area (Å²) in [7, 11) is -3.08. The van der Waals surface area contributed by atoms with Gasteiger partial charge in [0, 0.05) is 0 Å². The fourth-order valence-electron chi connectivity index (χ4n) is 0.609. The summed E-state index contributed by atoms with van der Waals surface area (Å²) in [5.74, 6) is 0. The Kier molecular flexibility index (Phi) is 9.66. The van der Waals surface area contributed by atoms with E-state index in [9.17, 15) is 4.57 Å². The van der Waals surface area contributed by atoms with Crippen LogP contribution in [-0.4, -0.2) is 19.4 Å². The van der Waals surface area contributed by atoms with Crippen molar-refractivity contribution >= 4 is 7.60 Å². The molecule has 0 bridgehead atoms. The minimum absolute atomic E-state index is 0. The van der Waals surface area contributed by atoms with E-state index in [1.165, 1.54) is 0 Å². The third kappa shape index (κ3) is 5.83. The van der Waals surface area contributed by atoms with Crippen molar-refractivity contribution in [2.24, 2.45) is 0 Å². The summed E-state index contributed by atoms with van der Waals surface area (Å²) in [6, 6.07) is 1.76. The molecule has 0 rings (SSSR count). The Bertz CT molecular complexity index is 182. The van der Waals surface area contributed by atoms with E-state index in [4.69, 9.17) is 14.3 Å². The van der Waals surface area contributed by atoms with Gasteiger partial charge in [-0.05, 0) is 13.8 Å². The van der Waals surface area contributed by atoms with Crippen molar-refractivity contribution in [1.82, 2.24) is 0 Å². The molecule has 4 nitrogen and oxygen atoms in total. The van der Waals surface area contributed by atoms with Gasteiger partial charge in [0.1, 0.15) is 6.16 Å². The van der Waals surface area contributed by atoms with Crippen LogP contribution in [0.4, 0.5) is 0 Å². The molecule has 0 saturated carbocycles. The quantitative estimate of drug-likeness (QED) is 0.397. The van der Waals surface area contributed by atoms with Crippen LogP contribution in [0.3, 0.4) is 0 Å². The van der Waals surface area contributed by atoms with Gasteiger partial charge in [-0.3, -0.25) is 4.57 Å². The first kappa shape index (κ1) is 14.7. The average molecular weight is 184 g/mol. The van der Waals surface area contributed by atoms with Gasteiger partial charge >= 0.3 is 26.5 Å². The number of rotatable bonds is 5. The molecule has 0 radical (unpaired) electrons. The molecular weight excluding hydrogens is 172 g/mol. The molecule has 0 N–H and O–H groups in total. The summed E-state index contributed by atoms with van der Waals surface area (Å²) < 4.78 is 21.0. The standard InChI is InChI=1S/C6H12NO3P.Li/c1-3-9-11(8,6-5-7)10-4-2;/h3-4,6H2,1-2H3;/q;+1. The zero-order valence-electron chi connectivity index (χ0n) is 7.74. The molecule has 0 atom stereocenters. The van der Waals surface area contributed by atoms with E-state index >= 15 is 0 Å². The SMILES string of the molecule is CCOP(=O)(CC#N)OCC.[Li+]. The molecule has 0 aliphatic heterocycles. The zero-order chi connectivity index (χ0) is 8.74. The molecule has 0 fully saturated rings. The molecule has 0 aliphatic carbocycles. The predicted octanol–water partition coefficient (Wildman–Crippen LogP) is -1.22. The van der Waals surface area contributed by atoms with Gasteiger partial charge in [-0.2, -0.15) is 5.26 Å². The fourth-order valence-corrected chi connectivity index (χ4v) is 1.83. The second kappa shape index (κ2) is 7.86. The van der Waals surface area contributed by atoms with Crippen molar-refractivity contribution in [2.45, 2.75) is 13.8 Å². The first-order chi connectivity index (χ1) is 5.18. The van der Waals surface area contributed by atoms with Crippen LogP contribution in [0.1, 0.15) is 13.8 Å². The molecule has 0 heterocycles. The largest absolute Gasteiger partial charge is 1.00 e. The molecule has 0 aromatic rings. The van der Waals surface area contributed by atoms with E-state index in [0.29, 0.717) is 13.2 Å². The van der Waals surface area contributed by atoms with Crippen LogP contribution in [0.2, 0.25) is 0 Å².